The maximum Gasteiger partial charge on any atom is 0.223 e. The van der Waals surface area contributed by atoms with Crippen molar-refractivity contribution in [1.82, 2.24) is 19.9 Å². The van der Waals surface area contributed by atoms with E-state index in [1.54, 1.807) is 12.4 Å². The van der Waals surface area contributed by atoms with Gasteiger partial charge < -0.3 is 4.90 Å². The van der Waals surface area contributed by atoms with E-state index in [1.165, 1.54) is 0 Å². The van der Waals surface area contributed by atoms with Crippen LogP contribution in [0.25, 0.3) is 0 Å². The first-order valence-corrected chi connectivity index (χ1v) is 8.90. The summed E-state index contributed by atoms with van der Waals surface area (Å²) < 4.78 is 0. The Bertz CT molecular complexity index is 763. The van der Waals surface area contributed by atoms with Crippen molar-refractivity contribution >= 4 is 5.91 Å². The summed E-state index contributed by atoms with van der Waals surface area (Å²) in [6.45, 7) is 0. The van der Waals surface area contributed by atoms with E-state index in [0.29, 0.717) is 30.1 Å². The molecule has 2 fully saturated rings. The Morgan fingerprint density at radius 2 is 1.72 bits per heavy atom. The van der Waals surface area contributed by atoms with Crippen LogP contribution in [-0.2, 0) is 11.2 Å². The summed E-state index contributed by atoms with van der Waals surface area (Å²) in [5.74, 6) is 0.253. The topological polar surface area (TPSA) is 74.8 Å². The molecule has 0 N–H and O–H groups in total. The first-order valence-electron chi connectivity index (χ1n) is 8.90. The van der Waals surface area contributed by atoms with E-state index in [4.69, 9.17) is 5.26 Å². The van der Waals surface area contributed by atoms with Crippen LogP contribution >= 0.6 is 0 Å². The van der Waals surface area contributed by atoms with Crippen molar-refractivity contribution in [3.05, 3.63) is 47.8 Å². The molecule has 2 bridgehead atoms. The summed E-state index contributed by atoms with van der Waals surface area (Å²) >= 11 is 0. The number of hydrogen-bond donors (Lipinski definition) is 0. The number of aryl methyl sites for hydroxylation is 1. The summed E-state index contributed by atoms with van der Waals surface area (Å²) in [5.41, 5.74) is 1.76. The van der Waals surface area contributed by atoms with Crippen molar-refractivity contribution in [1.29, 1.82) is 5.26 Å². The van der Waals surface area contributed by atoms with Crippen LogP contribution in [-0.4, -0.2) is 37.9 Å². The van der Waals surface area contributed by atoms with Crippen LogP contribution in [0.2, 0.25) is 0 Å². The maximum absolute atomic E-state index is 12.8. The van der Waals surface area contributed by atoms with Crippen LogP contribution < -0.4 is 0 Å². The third-order valence-electron chi connectivity index (χ3n) is 5.47. The summed E-state index contributed by atoms with van der Waals surface area (Å²) in [5, 5.41) is 17.4. The molecular weight excluding hydrogens is 314 g/mol. The van der Waals surface area contributed by atoms with Gasteiger partial charge in [0.25, 0.3) is 0 Å². The Hall–Kier alpha value is -2.68. The summed E-state index contributed by atoms with van der Waals surface area (Å²) in [4.78, 5) is 16.7. The molecule has 2 aliphatic rings. The van der Waals surface area contributed by atoms with Crippen LogP contribution in [0.3, 0.4) is 0 Å². The van der Waals surface area contributed by atoms with Crippen LogP contribution in [0.1, 0.15) is 49.3 Å². The number of nitriles is 1. The van der Waals surface area contributed by atoms with Gasteiger partial charge >= 0.3 is 0 Å². The van der Waals surface area contributed by atoms with Crippen molar-refractivity contribution in [2.24, 2.45) is 0 Å². The van der Waals surface area contributed by atoms with Gasteiger partial charge in [0.05, 0.1) is 30.1 Å². The number of aromatic nitrogens is 3. The van der Waals surface area contributed by atoms with E-state index in [2.05, 4.69) is 21.2 Å². The van der Waals surface area contributed by atoms with Gasteiger partial charge in [-0.1, -0.05) is 12.1 Å². The minimum Gasteiger partial charge on any atom is -0.337 e. The summed E-state index contributed by atoms with van der Waals surface area (Å²) in [6, 6.07) is 10.6. The fourth-order valence-corrected chi connectivity index (χ4v) is 4.29. The van der Waals surface area contributed by atoms with Gasteiger partial charge in [0.1, 0.15) is 0 Å². The molecule has 0 spiro atoms. The summed E-state index contributed by atoms with van der Waals surface area (Å²) in [7, 11) is 0. The molecule has 0 aliphatic carbocycles. The molecule has 2 atom stereocenters. The molecule has 3 heterocycles. The molecule has 1 amide bonds. The van der Waals surface area contributed by atoms with E-state index in [-0.39, 0.29) is 5.91 Å². The van der Waals surface area contributed by atoms with Gasteiger partial charge in [0.2, 0.25) is 5.91 Å². The van der Waals surface area contributed by atoms with Crippen molar-refractivity contribution in [2.75, 3.05) is 0 Å². The maximum atomic E-state index is 12.8. The number of rotatable bonds is 4. The molecule has 6 heteroatoms. The molecule has 2 aliphatic heterocycles. The average Bonchev–Trinajstić information content (AvgIpc) is 3.27. The van der Waals surface area contributed by atoms with E-state index in [0.717, 1.165) is 37.7 Å². The predicted octanol–water partition coefficient (Wildman–Crippen LogP) is 2.48. The second-order valence-corrected chi connectivity index (χ2v) is 6.97. The highest BCUT2D eigenvalue weighted by Gasteiger charge is 2.43. The molecule has 1 aromatic carbocycles. The van der Waals surface area contributed by atoms with E-state index >= 15 is 0 Å². The Balaban J connectivity index is 1.37. The molecule has 128 valence electrons. The number of fused-ring (bicyclic) bond motifs is 2. The molecule has 6 nitrogen and oxygen atoms in total. The molecule has 1 aromatic heterocycles. The number of piperidine rings is 1. The Kier molecular flexibility index (Phi) is 4.22. The first kappa shape index (κ1) is 15.8. The SMILES string of the molecule is N#Cc1ccc(CCC(=O)N2[C@H]3CC[C@H]2CC(n2nccn2)C3)cc1. The van der Waals surface area contributed by atoms with Gasteiger partial charge in [-0.25, -0.2) is 0 Å². The second-order valence-electron chi connectivity index (χ2n) is 6.97. The van der Waals surface area contributed by atoms with Gasteiger partial charge in [0, 0.05) is 18.5 Å². The van der Waals surface area contributed by atoms with E-state index in [1.807, 2.05) is 29.1 Å². The third kappa shape index (κ3) is 3.14. The zero-order chi connectivity index (χ0) is 17.2. The smallest absolute Gasteiger partial charge is 0.223 e. The lowest BCUT2D eigenvalue weighted by molar-refractivity contribution is -0.136. The highest BCUT2D eigenvalue weighted by molar-refractivity contribution is 5.77. The third-order valence-corrected chi connectivity index (χ3v) is 5.47. The molecular formula is C19H21N5O. The average molecular weight is 335 g/mol. The fraction of sp³-hybridized carbons (Fsp3) is 0.474. The van der Waals surface area contributed by atoms with Gasteiger partial charge in [-0.3, -0.25) is 4.79 Å². The van der Waals surface area contributed by atoms with Gasteiger partial charge in [-0.2, -0.15) is 20.3 Å². The second kappa shape index (κ2) is 6.67. The molecule has 0 saturated carbocycles. The highest BCUT2D eigenvalue weighted by atomic mass is 16.2. The fourth-order valence-electron chi connectivity index (χ4n) is 4.29. The van der Waals surface area contributed by atoms with Crippen LogP contribution in [0, 0.1) is 11.3 Å². The Morgan fingerprint density at radius 3 is 2.32 bits per heavy atom. The van der Waals surface area contributed by atoms with Crippen molar-refractivity contribution < 1.29 is 4.79 Å². The normalized spacial score (nSPS) is 24.9. The minimum atomic E-state index is 0.253. The van der Waals surface area contributed by atoms with Gasteiger partial charge in [0.15, 0.2) is 0 Å². The molecule has 25 heavy (non-hydrogen) atoms. The van der Waals surface area contributed by atoms with E-state index < -0.39 is 0 Å². The largest absolute Gasteiger partial charge is 0.337 e. The number of benzene rings is 1. The van der Waals surface area contributed by atoms with Crippen molar-refractivity contribution in [3.63, 3.8) is 0 Å². The Morgan fingerprint density at radius 1 is 1.08 bits per heavy atom. The van der Waals surface area contributed by atoms with Gasteiger partial charge in [-0.15, -0.1) is 0 Å². The number of nitrogens with zero attached hydrogens (tertiary/aromatic N) is 5. The van der Waals surface area contributed by atoms with Crippen LogP contribution in [0.5, 0.6) is 0 Å². The standard InChI is InChI=1S/C19H21N5O/c20-13-15-3-1-14(2-4-15)5-8-19(25)23-16-6-7-17(23)12-18(11-16)24-21-9-10-22-24/h1-4,9-10,16-18H,5-8,11-12H2/t16-,17-/m0/s1. The first-order chi connectivity index (χ1) is 12.2. The predicted molar refractivity (Wildman–Crippen MR) is 91.4 cm³/mol. The molecule has 4 rings (SSSR count). The number of hydrogen-bond acceptors (Lipinski definition) is 4. The van der Waals surface area contributed by atoms with Gasteiger partial charge in [-0.05, 0) is 49.8 Å². The molecule has 0 radical (unpaired) electrons. The number of carbonyl (C=O) groups is 1. The highest BCUT2D eigenvalue weighted by Crippen LogP contribution is 2.40. The van der Waals surface area contributed by atoms with Crippen molar-refractivity contribution in [2.45, 2.75) is 56.7 Å². The Labute approximate surface area is 147 Å². The lowest BCUT2D eigenvalue weighted by Crippen LogP contribution is -2.47. The zero-order valence-corrected chi connectivity index (χ0v) is 14.1. The van der Waals surface area contributed by atoms with Crippen LogP contribution in [0.15, 0.2) is 36.7 Å². The monoisotopic (exact) mass is 335 g/mol. The quantitative estimate of drug-likeness (QED) is 0.860. The summed E-state index contributed by atoms with van der Waals surface area (Å²) in [6.07, 6.45) is 8.78. The lowest BCUT2D eigenvalue weighted by Gasteiger charge is -2.38. The number of carbonyl (C=O) groups excluding carboxylic acids is 1. The minimum absolute atomic E-state index is 0.253. The lowest BCUT2D eigenvalue weighted by atomic mass is 9.97. The van der Waals surface area contributed by atoms with E-state index in [9.17, 15) is 4.79 Å². The van der Waals surface area contributed by atoms with Crippen molar-refractivity contribution in [3.8, 4) is 6.07 Å². The molecule has 0 unspecified atom stereocenters. The molecule has 2 aromatic rings. The zero-order valence-electron chi connectivity index (χ0n) is 14.1. The number of amides is 1. The molecule has 2 saturated heterocycles. The van der Waals surface area contributed by atoms with Crippen LogP contribution in [0.4, 0.5) is 0 Å².